The van der Waals surface area contributed by atoms with E-state index in [2.05, 4.69) is 10.6 Å². The normalized spacial score (nSPS) is 21.5. The summed E-state index contributed by atoms with van der Waals surface area (Å²) in [5, 5.41) is 5.81. The number of amides is 2. The van der Waals surface area contributed by atoms with Crippen LogP contribution in [0.3, 0.4) is 0 Å². The maximum Gasteiger partial charge on any atom is 0.243 e. The SMILES string of the molecule is Cc1ccc(S(=O)(=O)N2CCN(S(=O)(=O)c3ccc(C)cc3)CC(=O)NCC3CCCCC3NC(=O)CN(S(=O)(=O)c3ccc(C)cc3)CC2)cc1. The summed E-state index contributed by atoms with van der Waals surface area (Å²) < 4.78 is 87.5. The number of benzene rings is 3. The van der Waals surface area contributed by atoms with E-state index in [9.17, 15) is 34.8 Å². The summed E-state index contributed by atoms with van der Waals surface area (Å²) in [5.74, 6) is -1.27. The molecule has 2 amide bonds. The minimum absolute atomic E-state index is 0.0538. The monoisotopic (exact) mass is 773 g/mol. The molecular weight excluding hydrogens is 727 g/mol. The van der Waals surface area contributed by atoms with Crippen LogP contribution in [0, 0.1) is 26.7 Å². The fraction of sp³-hybridized carbons (Fsp3) is 0.444. The number of nitrogens with zero attached hydrogens (tertiary/aromatic N) is 3. The molecule has 2 aliphatic rings. The molecule has 2 atom stereocenters. The van der Waals surface area contributed by atoms with Gasteiger partial charge in [0.1, 0.15) is 0 Å². The Kier molecular flexibility index (Phi) is 12.6. The number of hydrogen-bond donors (Lipinski definition) is 2. The third-order valence-corrected chi connectivity index (χ3v) is 15.3. The number of aryl methyl sites for hydroxylation is 3. The number of rotatable bonds is 6. The van der Waals surface area contributed by atoms with Crippen molar-refractivity contribution in [2.24, 2.45) is 5.92 Å². The Morgan fingerprint density at radius 3 is 1.33 bits per heavy atom. The molecule has 282 valence electrons. The zero-order chi connectivity index (χ0) is 37.7. The maximum absolute atomic E-state index is 14.2. The average molecular weight is 774 g/mol. The van der Waals surface area contributed by atoms with Gasteiger partial charge >= 0.3 is 0 Å². The summed E-state index contributed by atoms with van der Waals surface area (Å²) in [5.41, 5.74) is 2.48. The van der Waals surface area contributed by atoms with Crippen molar-refractivity contribution in [1.29, 1.82) is 0 Å². The van der Waals surface area contributed by atoms with Crippen molar-refractivity contribution in [2.45, 2.75) is 67.2 Å². The lowest BCUT2D eigenvalue weighted by Crippen LogP contribution is -2.52. The van der Waals surface area contributed by atoms with Gasteiger partial charge in [-0.25, -0.2) is 25.3 Å². The Morgan fingerprint density at radius 2 is 0.885 bits per heavy atom. The highest BCUT2D eigenvalue weighted by molar-refractivity contribution is 7.89. The fourth-order valence-electron chi connectivity index (χ4n) is 6.46. The topological polar surface area (TPSA) is 170 Å². The van der Waals surface area contributed by atoms with Gasteiger partial charge < -0.3 is 10.6 Å². The summed E-state index contributed by atoms with van der Waals surface area (Å²) >= 11 is 0. The van der Waals surface area contributed by atoms with E-state index >= 15 is 0 Å². The van der Waals surface area contributed by atoms with Crippen LogP contribution in [0.2, 0.25) is 0 Å². The summed E-state index contributed by atoms with van der Waals surface area (Å²) in [6.07, 6.45) is 3.02. The van der Waals surface area contributed by atoms with E-state index in [-0.39, 0.29) is 33.2 Å². The highest BCUT2D eigenvalue weighted by atomic mass is 32.2. The molecule has 2 unspecified atom stereocenters. The minimum Gasteiger partial charge on any atom is -0.355 e. The van der Waals surface area contributed by atoms with Crippen LogP contribution < -0.4 is 10.6 Å². The summed E-state index contributed by atoms with van der Waals surface area (Å²) in [6.45, 7) is 2.81. The Morgan fingerprint density at radius 1 is 0.519 bits per heavy atom. The third-order valence-electron chi connectivity index (χ3n) is 9.63. The Balaban J connectivity index is 1.56. The molecule has 2 N–H and O–H groups in total. The summed E-state index contributed by atoms with van der Waals surface area (Å²) in [4.78, 5) is 26.8. The van der Waals surface area contributed by atoms with Crippen molar-refractivity contribution in [2.75, 3.05) is 45.8 Å². The zero-order valence-electron chi connectivity index (χ0n) is 29.7. The quantitative estimate of drug-likeness (QED) is 0.386. The molecule has 3 aromatic carbocycles. The lowest BCUT2D eigenvalue weighted by molar-refractivity contribution is -0.122. The lowest BCUT2D eigenvalue weighted by Gasteiger charge is -2.34. The van der Waals surface area contributed by atoms with E-state index in [4.69, 9.17) is 0 Å². The molecule has 0 aromatic heterocycles. The molecule has 52 heavy (non-hydrogen) atoms. The molecule has 13 nitrogen and oxygen atoms in total. The number of nitrogens with one attached hydrogen (secondary N) is 2. The fourth-order valence-corrected chi connectivity index (χ4v) is 10.7. The molecule has 2 fully saturated rings. The van der Waals surface area contributed by atoms with E-state index in [1.165, 1.54) is 36.4 Å². The van der Waals surface area contributed by atoms with Crippen LogP contribution in [0.4, 0.5) is 0 Å². The third kappa shape index (κ3) is 9.46. The molecule has 0 radical (unpaired) electrons. The first-order valence-electron chi connectivity index (χ1n) is 17.3. The van der Waals surface area contributed by atoms with Crippen LogP contribution in [0.5, 0.6) is 0 Å². The van der Waals surface area contributed by atoms with Crippen molar-refractivity contribution in [3.63, 3.8) is 0 Å². The molecule has 1 saturated heterocycles. The Hall–Kier alpha value is -3.67. The van der Waals surface area contributed by atoms with Gasteiger partial charge in [0.25, 0.3) is 0 Å². The largest absolute Gasteiger partial charge is 0.355 e. The molecule has 0 bridgehead atoms. The first kappa shape index (κ1) is 39.5. The molecule has 0 spiro atoms. The van der Waals surface area contributed by atoms with Crippen molar-refractivity contribution in [1.82, 2.24) is 23.5 Å². The number of sulfonamides is 3. The van der Waals surface area contributed by atoms with Gasteiger partial charge in [0, 0.05) is 38.8 Å². The van der Waals surface area contributed by atoms with Gasteiger partial charge in [0.05, 0.1) is 27.8 Å². The highest BCUT2D eigenvalue weighted by Crippen LogP contribution is 2.25. The van der Waals surface area contributed by atoms with Crippen LogP contribution in [-0.2, 0) is 39.7 Å². The van der Waals surface area contributed by atoms with Gasteiger partial charge in [-0.15, -0.1) is 0 Å². The first-order chi connectivity index (χ1) is 24.6. The standard InChI is InChI=1S/C36H47N5O8S3/c1-27-8-14-31(15-9-27)50(44,45)39-20-22-40(51(46,47)32-16-10-28(2)11-17-32)25-35(42)37-24-30-6-4-5-7-34(30)38-36(43)26-41(23-21-39)52(48,49)33-18-12-29(3)13-19-33/h8-19,30,34H,4-7,20-26H2,1-3H3,(H,37,42)(H,38,43). The second-order valence-corrected chi connectivity index (χ2v) is 19.4. The number of hydrogen-bond acceptors (Lipinski definition) is 8. The molecule has 5 rings (SSSR count). The smallest absolute Gasteiger partial charge is 0.243 e. The van der Waals surface area contributed by atoms with E-state index in [0.717, 1.165) is 42.4 Å². The highest BCUT2D eigenvalue weighted by Gasteiger charge is 2.35. The molecule has 16 heteroatoms. The molecule has 1 aliphatic carbocycles. The van der Waals surface area contributed by atoms with Gasteiger partial charge in [0.2, 0.25) is 41.9 Å². The van der Waals surface area contributed by atoms with Crippen LogP contribution in [0.25, 0.3) is 0 Å². The van der Waals surface area contributed by atoms with Gasteiger partial charge in [-0.1, -0.05) is 65.9 Å². The van der Waals surface area contributed by atoms with Crippen molar-refractivity contribution >= 4 is 41.9 Å². The average Bonchev–Trinajstić information content (AvgIpc) is 3.10. The first-order valence-corrected chi connectivity index (χ1v) is 21.7. The van der Waals surface area contributed by atoms with Gasteiger partial charge in [0.15, 0.2) is 0 Å². The number of carbonyl (C=O) groups is 2. The summed E-state index contributed by atoms with van der Waals surface area (Å²) in [6, 6.07) is 18.0. The van der Waals surface area contributed by atoms with Crippen molar-refractivity contribution in [3.05, 3.63) is 89.5 Å². The minimum atomic E-state index is -4.33. The molecule has 1 aliphatic heterocycles. The van der Waals surface area contributed by atoms with Crippen molar-refractivity contribution in [3.8, 4) is 0 Å². The summed E-state index contributed by atoms with van der Waals surface area (Å²) in [7, 11) is -12.9. The molecule has 1 heterocycles. The van der Waals surface area contributed by atoms with E-state index < -0.39 is 81.2 Å². The van der Waals surface area contributed by atoms with Crippen LogP contribution in [-0.4, -0.2) is 102 Å². The van der Waals surface area contributed by atoms with E-state index in [1.807, 2.05) is 13.8 Å². The van der Waals surface area contributed by atoms with Gasteiger partial charge in [-0.2, -0.15) is 12.9 Å². The zero-order valence-corrected chi connectivity index (χ0v) is 32.1. The second-order valence-electron chi connectivity index (χ2n) is 13.5. The Bertz CT molecular complexity index is 2060. The predicted octanol–water partition coefficient (Wildman–Crippen LogP) is 2.79. The molecule has 3 aromatic rings. The van der Waals surface area contributed by atoms with Crippen LogP contribution in [0.1, 0.15) is 42.4 Å². The van der Waals surface area contributed by atoms with Gasteiger partial charge in [-0.3, -0.25) is 9.59 Å². The number of carbonyl (C=O) groups excluding carboxylic acids is 2. The maximum atomic E-state index is 14.2. The second kappa shape index (κ2) is 16.6. The van der Waals surface area contributed by atoms with Crippen molar-refractivity contribution < 1.29 is 34.8 Å². The molecule has 1 saturated carbocycles. The van der Waals surface area contributed by atoms with Crippen LogP contribution in [0.15, 0.2) is 87.5 Å². The molecular formula is C36H47N5O8S3. The van der Waals surface area contributed by atoms with E-state index in [1.54, 1.807) is 43.3 Å². The predicted molar refractivity (Wildman–Crippen MR) is 197 cm³/mol. The van der Waals surface area contributed by atoms with E-state index in [0.29, 0.717) is 12.8 Å². The van der Waals surface area contributed by atoms with Crippen LogP contribution >= 0.6 is 0 Å². The Labute approximate surface area is 307 Å². The number of fused-ring (bicyclic) bond motifs is 1. The van der Waals surface area contributed by atoms with Gasteiger partial charge in [-0.05, 0) is 75.9 Å². The lowest BCUT2D eigenvalue weighted by atomic mass is 9.84.